The van der Waals surface area contributed by atoms with Crippen LogP contribution in [0, 0.1) is 0 Å². The molecule has 0 saturated heterocycles. The Morgan fingerprint density at radius 3 is 2.71 bits per heavy atom. The van der Waals surface area contributed by atoms with Crippen molar-refractivity contribution in [1.29, 1.82) is 0 Å². The van der Waals surface area contributed by atoms with Crippen LogP contribution in [0.1, 0.15) is 31.2 Å². The molecule has 2 aromatic rings. The van der Waals surface area contributed by atoms with E-state index in [1.54, 1.807) is 18.4 Å². The average Bonchev–Trinajstić information content (AvgIpc) is 3.01. The molecule has 1 atom stereocenters. The van der Waals surface area contributed by atoms with Crippen molar-refractivity contribution in [2.75, 3.05) is 6.61 Å². The molecule has 0 radical (unpaired) electrons. The van der Waals surface area contributed by atoms with E-state index < -0.39 is 0 Å². The van der Waals surface area contributed by atoms with Gasteiger partial charge in [-0.25, -0.2) is 0 Å². The number of rotatable bonds is 6. The van der Waals surface area contributed by atoms with Crippen molar-refractivity contribution in [2.45, 2.75) is 19.9 Å². The van der Waals surface area contributed by atoms with E-state index in [9.17, 15) is 4.79 Å². The summed E-state index contributed by atoms with van der Waals surface area (Å²) in [5, 5.41) is 2.84. The Morgan fingerprint density at radius 1 is 1.33 bits per heavy atom. The Labute approximate surface area is 124 Å². The number of benzene rings is 1. The number of ether oxygens (including phenoxy) is 1. The van der Waals surface area contributed by atoms with Crippen molar-refractivity contribution in [3.8, 4) is 5.75 Å². The average molecular weight is 285 g/mol. The molecule has 0 aliphatic heterocycles. The minimum atomic E-state index is -0.159. The molecular formula is C17H19NO3. The van der Waals surface area contributed by atoms with Crippen LogP contribution in [0.2, 0.25) is 0 Å². The molecule has 0 aliphatic carbocycles. The molecule has 4 heteroatoms. The molecule has 0 unspecified atom stereocenters. The lowest BCUT2D eigenvalue weighted by Crippen LogP contribution is -2.24. The summed E-state index contributed by atoms with van der Waals surface area (Å²) < 4.78 is 10.6. The molecule has 21 heavy (non-hydrogen) atoms. The van der Waals surface area contributed by atoms with Gasteiger partial charge >= 0.3 is 0 Å². The van der Waals surface area contributed by atoms with Crippen molar-refractivity contribution in [1.82, 2.24) is 5.32 Å². The lowest BCUT2D eigenvalue weighted by atomic mass is 10.2. The summed E-state index contributed by atoms with van der Waals surface area (Å²) in [6, 6.07) is 11.1. The highest BCUT2D eigenvalue weighted by molar-refractivity contribution is 5.91. The molecule has 0 fully saturated rings. The second-order valence-corrected chi connectivity index (χ2v) is 4.58. The Balaban J connectivity index is 1.89. The second-order valence-electron chi connectivity index (χ2n) is 4.58. The Morgan fingerprint density at radius 2 is 2.10 bits per heavy atom. The fraction of sp³-hybridized carbons (Fsp3) is 0.235. The van der Waals surface area contributed by atoms with Gasteiger partial charge in [-0.15, -0.1) is 0 Å². The third-order valence-corrected chi connectivity index (χ3v) is 2.95. The van der Waals surface area contributed by atoms with Crippen LogP contribution in [0.4, 0.5) is 0 Å². The second kappa shape index (κ2) is 7.33. The first-order chi connectivity index (χ1) is 10.2. The van der Waals surface area contributed by atoms with Crippen molar-refractivity contribution < 1.29 is 13.9 Å². The molecule has 110 valence electrons. The molecule has 2 rings (SSSR count). The van der Waals surface area contributed by atoms with Crippen molar-refractivity contribution in [2.24, 2.45) is 0 Å². The van der Waals surface area contributed by atoms with Gasteiger partial charge < -0.3 is 14.5 Å². The number of carbonyl (C=O) groups is 1. The summed E-state index contributed by atoms with van der Waals surface area (Å²) in [7, 11) is 0. The first-order valence-corrected chi connectivity index (χ1v) is 6.94. The first-order valence-electron chi connectivity index (χ1n) is 6.94. The Hall–Kier alpha value is -2.49. The predicted molar refractivity (Wildman–Crippen MR) is 81.9 cm³/mol. The topological polar surface area (TPSA) is 51.5 Å². The van der Waals surface area contributed by atoms with E-state index in [0.29, 0.717) is 6.61 Å². The van der Waals surface area contributed by atoms with Crippen molar-refractivity contribution in [3.63, 3.8) is 0 Å². The minimum absolute atomic E-state index is 0.155. The molecule has 1 amide bonds. The van der Waals surface area contributed by atoms with Crippen LogP contribution in [-0.2, 0) is 4.79 Å². The smallest absolute Gasteiger partial charge is 0.244 e. The zero-order chi connectivity index (χ0) is 15.1. The summed E-state index contributed by atoms with van der Waals surface area (Å²) in [6.45, 7) is 4.46. The molecule has 0 saturated carbocycles. The maximum absolute atomic E-state index is 11.8. The monoisotopic (exact) mass is 285 g/mol. The molecule has 1 aromatic heterocycles. The van der Waals surface area contributed by atoms with E-state index in [0.717, 1.165) is 17.1 Å². The molecule has 1 N–H and O–H groups in total. The molecule has 0 bridgehead atoms. The van der Waals surface area contributed by atoms with Crippen LogP contribution < -0.4 is 10.1 Å². The molecular weight excluding hydrogens is 266 g/mol. The highest BCUT2D eigenvalue weighted by atomic mass is 16.5. The van der Waals surface area contributed by atoms with Crippen LogP contribution in [-0.4, -0.2) is 12.5 Å². The van der Waals surface area contributed by atoms with Crippen LogP contribution >= 0.6 is 0 Å². The zero-order valence-electron chi connectivity index (χ0n) is 12.2. The van der Waals surface area contributed by atoms with E-state index in [2.05, 4.69) is 5.32 Å². The SMILES string of the molecule is CCOc1ccc(/C=C/C(=O)N[C@H](C)c2ccco2)cc1. The molecule has 1 aromatic carbocycles. The van der Waals surface area contributed by atoms with Crippen LogP contribution in [0.5, 0.6) is 5.75 Å². The maximum Gasteiger partial charge on any atom is 0.244 e. The fourth-order valence-corrected chi connectivity index (χ4v) is 1.88. The van der Waals surface area contributed by atoms with E-state index in [1.807, 2.05) is 44.2 Å². The quantitative estimate of drug-likeness (QED) is 0.825. The lowest BCUT2D eigenvalue weighted by Gasteiger charge is -2.09. The Kier molecular flexibility index (Phi) is 5.21. The van der Waals surface area contributed by atoms with E-state index in [-0.39, 0.29) is 11.9 Å². The first kappa shape index (κ1) is 14.9. The summed E-state index contributed by atoms with van der Waals surface area (Å²) in [5.41, 5.74) is 0.944. The normalized spacial score (nSPS) is 12.3. The van der Waals surface area contributed by atoms with E-state index in [4.69, 9.17) is 9.15 Å². The lowest BCUT2D eigenvalue weighted by molar-refractivity contribution is -0.117. The number of hydrogen-bond donors (Lipinski definition) is 1. The maximum atomic E-state index is 11.8. The van der Waals surface area contributed by atoms with Gasteiger partial charge in [0.2, 0.25) is 5.91 Å². The number of carbonyl (C=O) groups excluding carboxylic acids is 1. The van der Waals surface area contributed by atoms with Crippen LogP contribution in [0.25, 0.3) is 6.08 Å². The molecule has 1 heterocycles. The number of amides is 1. The van der Waals surface area contributed by atoms with Crippen LogP contribution in [0.15, 0.2) is 53.2 Å². The van der Waals surface area contributed by atoms with E-state index in [1.165, 1.54) is 6.08 Å². The number of nitrogens with one attached hydrogen (secondary N) is 1. The third kappa shape index (κ3) is 4.53. The summed E-state index contributed by atoms with van der Waals surface area (Å²) in [4.78, 5) is 11.8. The third-order valence-electron chi connectivity index (χ3n) is 2.95. The fourth-order valence-electron chi connectivity index (χ4n) is 1.88. The van der Waals surface area contributed by atoms with Gasteiger partial charge in [0.1, 0.15) is 11.5 Å². The van der Waals surface area contributed by atoms with Gasteiger partial charge in [0, 0.05) is 6.08 Å². The largest absolute Gasteiger partial charge is 0.494 e. The molecule has 0 aliphatic rings. The minimum Gasteiger partial charge on any atom is -0.494 e. The Bertz CT molecular complexity index is 585. The van der Waals surface area contributed by atoms with Gasteiger partial charge in [0.25, 0.3) is 0 Å². The summed E-state index contributed by atoms with van der Waals surface area (Å²) in [5.74, 6) is 1.40. The van der Waals surface area contributed by atoms with Crippen molar-refractivity contribution >= 4 is 12.0 Å². The zero-order valence-corrected chi connectivity index (χ0v) is 12.2. The van der Waals surface area contributed by atoms with Crippen LogP contribution in [0.3, 0.4) is 0 Å². The standard InChI is InChI=1S/C17H19NO3/c1-3-20-15-9-6-14(7-10-15)8-11-17(19)18-13(2)16-5-4-12-21-16/h4-13H,3H2,1-2H3,(H,18,19)/b11-8+/t13-/m1/s1. The molecule has 0 spiro atoms. The predicted octanol–water partition coefficient (Wildman–Crippen LogP) is 3.57. The van der Waals surface area contributed by atoms with Gasteiger partial charge in [-0.1, -0.05) is 12.1 Å². The molecule has 4 nitrogen and oxygen atoms in total. The summed E-state index contributed by atoms with van der Waals surface area (Å²) in [6.07, 6.45) is 4.86. The van der Waals surface area contributed by atoms with Gasteiger partial charge in [-0.3, -0.25) is 4.79 Å². The van der Waals surface area contributed by atoms with E-state index >= 15 is 0 Å². The highest BCUT2D eigenvalue weighted by Crippen LogP contribution is 2.14. The van der Waals surface area contributed by atoms with Gasteiger partial charge in [-0.2, -0.15) is 0 Å². The van der Waals surface area contributed by atoms with Gasteiger partial charge in [0.05, 0.1) is 18.9 Å². The van der Waals surface area contributed by atoms with Gasteiger partial charge in [-0.05, 0) is 49.8 Å². The number of hydrogen-bond acceptors (Lipinski definition) is 3. The summed E-state index contributed by atoms with van der Waals surface area (Å²) >= 11 is 0. The number of furan rings is 1. The highest BCUT2D eigenvalue weighted by Gasteiger charge is 2.09. The van der Waals surface area contributed by atoms with Gasteiger partial charge in [0.15, 0.2) is 0 Å². The van der Waals surface area contributed by atoms with Crippen molar-refractivity contribution in [3.05, 3.63) is 60.1 Å².